The maximum absolute atomic E-state index is 11.7. The zero-order valence-electron chi connectivity index (χ0n) is 12.2. The van der Waals surface area contributed by atoms with E-state index in [1.54, 1.807) is 17.7 Å². The van der Waals surface area contributed by atoms with Gasteiger partial charge in [0.2, 0.25) is 5.91 Å². The number of hydrogen-bond acceptors (Lipinski definition) is 6. The summed E-state index contributed by atoms with van der Waals surface area (Å²) < 4.78 is 0. The van der Waals surface area contributed by atoms with Gasteiger partial charge in [0.15, 0.2) is 0 Å². The number of nitrogens with zero attached hydrogens (tertiary/aromatic N) is 2. The highest BCUT2D eigenvalue weighted by molar-refractivity contribution is 8.00. The quantitative estimate of drug-likeness (QED) is 0.476. The van der Waals surface area contributed by atoms with E-state index >= 15 is 0 Å². The van der Waals surface area contributed by atoms with Gasteiger partial charge in [-0.25, -0.2) is 9.97 Å². The molecule has 1 amide bonds. The van der Waals surface area contributed by atoms with Gasteiger partial charge in [-0.15, -0.1) is 23.7 Å². The van der Waals surface area contributed by atoms with Crippen LogP contribution in [-0.2, 0) is 4.79 Å². The van der Waals surface area contributed by atoms with Gasteiger partial charge in [0.25, 0.3) is 0 Å². The van der Waals surface area contributed by atoms with Crippen LogP contribution in [0.25, 0.3) is 10.2 Å². The van der Waals surface area contributed by atoms with E-state index in [-0.39, 0.29) is 18.3 Å². The van der Waals surface area contributed by atoms with Gasteiger partial charge in [-0.3, -0.25) is 4.79 Å². The number of rotatable bonds is 6. The summed E-state index contributed by atoms with van der Waals surface area (Å²) in [5.74, 6) is 0.408. The molecule has 2 rings (SSSR count). The van der Waals surface area contributed by atoms with Crippen molar-refractivity contribution < 1.29 is 4.79 Å². The van der Waals surface area contributed by atoms with E-state index in [1.807, 2.05) is 7.05 Å². The minimum absolute atomic E-state index is 0. The lowest BCUT2D eigenvalue weighted by Crippen LogP contribution is -2.31. The highest BCUT2D eigenvalue weighted by atomic mass is 35.5. The van der Waals surface area contributed by atoms with Gasteiger partial charge >= 0.3 is 0 Å². The molecule has 2 aromatic heterocycles. The first-order chi connectivity index (χ1) is 9.63. The van der Waals surface area contributed by atoms with E-state index in [9.17, 15) is 4.79 Å². The fourth-order valence-corrected chi connectivity index (χ4v) is 3.72. The number of carbonyl (C=O) groups excluding carboxylic acids is 1. The lowest BCUT2D eigenvalue weighted by molar-refractivity contribution is -0.118. The molecule has 2 N–H and O–H groups in total. The second-order valence-electron chi connectivity index (χ2n) is 4.38. The van der Waals surface area contributed by atoms with Crippen LogP contribution >= 0.6 is 35.5 Å². The zero-order chi connectivity index (χ0) is 14.5. The van der Waals surface area contributed by atoms with E-state index in [1.165, 1.54) is 22.2 Å². The number of halogens is 1. The molecule has 0 fully saturated rings. The molecule has 0 unspecified atom stereocenters. The highest BCUT2D eigenvalue weighted by Gasteiger charge is 2.13. The van der Waals surface area contributed by atoms with Crippen molar-refractivity contribution in [3.05, 3.63) is 16.8 Å². The molecule has 0 aliphatic heterocycles. The van der Waals surface area contributed by atoms with E-state index in [0.29, 0.717) is 12.3 Å². The van der Waals surface area contributed by atoms with Crippen molar-refractivity contribution in [1.82, 2.24) is 20.6 Å². The molecule has 0 radical (unpaired) electrons. The number of thiophene rings is 1. The summed E-state index contributed by atoms with van der Waals surface area (Å²) >= 11 is 3.14. The summed E-state index contributed by atoms with van der Waals surface area (Å²) in [5.41, 5.74) is 1.21. The number of thioether (sulfide) groups is 1. The number of carbonyl (C=O) groups is 1. The van der Waals surface area contributed by atoms with Gasteiger partial charge in [0.1, 0.15) is 16.2 Å². The predicted molar refractivity (Wildman–Crippen MR) is 91.8 cm³/mol. The van der Waals surface area contributed by atoms with E-state index in [2.05, 4.69) is 34.4 Å². The number of fused-ring (bicyclic) bond motifs is 1. The molecule has 0 bridgehead atoms. The second kappa shape index (κ2) is 8.53. The first-order valence-corrected chi connectivity index (χ1v) is 8.18. The topological polar surface area (TPSA) is 66.9 Å². The third-order valence-corrected chi connectivity index (χ3v) is 5.07. The van der Waals surface area contributed by atoms with E-state index in [4.69, 9.17) is 0 Å². The third kappa shape index (κ3) is 4.54. The first-order valence-electron chi connectivity index (χ1n) is 6.38. The molecule has 0 aromatic carbocycles. The molecule has 0 atom stereocenters. The molecule has 116 valence electrons. The van der Waals surface area contributed by atoms with Crippen molar-refractivity contribution in [2.45, 2.75) is 18.9 Å². The van der Waals surface area contributed by atoms with Gasteiger partial charge in [-0.2, -0.15) is 0 Å². The highest BCUT2D eigenvalue weighted by Crippen LogP contribution is 2.34. The maximum atomic E-state index is 11.7. The Morgan fingerprint density at radius 3 is 2.81 bits per heavy atom. The molecule has 21 heavy (non-hydrogen) atoms. The second-order valence-corrected chi connectivity index (χ2v) is 6.55. The number of aryl methyl sites for hydroxylation is 2. The predicted octanol–water partition coefficient (Wildman–Crippen LogP) is 2.16. The Labute approximate surface area is 138 Å². The Morgan fingerprint density at radius 1 is 1.33 bits per heavy atom. The van der Waals surface area contributed by atoms with Crippen molar-refractivity contribution in [3.63, 3.8) is 0 Å². The Hall–Kier alpha value is -0.890. The summed E-state index contributed by atoms with van der Waals surface area (Å²) in [6.45, 7) is 5.58. The monoisotopic (exact) mass is 346 g/mol. The lowest BCUT2D eigenvalue weighted by atomic mass is 10.2. The average Bonchev–Trinajstić information content (AvgIpc) is 2.73. The van der Waals surface area contributed by atoms with Crippen LogP contribution in [0.4, 0.5) is 0 Å². The lowest BCUT2D eigenvalue weighted by Gasteiger charge is -2.05. The summed E-state index contributed by atoms with van der Waals surface area (Å²) in [4.78, 5) is 22.6. The molecule has 0 spiro atoms. The molecule has 2 heterocycles. The summed E-state index contributed by atoms with van der Waals surface area (Å²) in [6, 6.07) is 0. The minimum atomic E-state index is 0. The number of likely N-dealkylation sites (N-methyl/N-ethyl adjacent to an activating group) is 1. The molecular formula is C13H19ClN4OS2. The van der Waals surface area contributed by atoms with Crippen molar-refractivity contribution in [2.24, 2.45) is 0 Å². The Morgan fingerprint density at radius 2 is 2.10 bits per heavy atom. The number of nitrogens with one attached hydrogen (secondary N) is 2. The molecule has 0 aliphatic carbocycles. The van der Waals surface area contributed by atoms with Crippen LogP contribution in [0.1, 0.15) is 10.4 Å². The first kappa shape index (κ1) is 18.2. The molecule has 0 saturated carbocycles. The summed E-state index contributed by atoms with van der Waals surface area (Å²) in [7, 11) is 1.86. The maximum Gasteiger partial charge on any atom is 0.230 e. The normalized spacial score (nSPS) is 10.4. The smallest absolute Gasteiger partial charge is 0.230 e. The van der Waals surface area contributed by atoms with Crippen LogP contribution in [0.3, 0.4) is 0 Å². The standard InChI is InChI=1S/C13H18N4OS2.ClH/c1-8-9(2)20-13-11(8)12(16-7-17-13)19-6-10(18)15-5-4-14-3;/h7,14H,4-6H2,1-3H3,(H,15,18);1H. The van der Waals surface area contributed by atoms with E-state index < -0.39 is 0 Å². The van der Waals surface area contributed by atoms with Gasteiger partial charge in [-0.1, -0.05) is 11.8 Å². The zero-order valence-corrected chi connectivity index (χ0v) is 14.7. The average molecular weight is 347 g/mol. The van der Waals surface area contributed by atoms with E-state index in [0.717, 1.165) is 21.8 Å². The van der Waals surface area contributed by atoms with Crippen molar-refractivity contribution >= 4 is 51.6 Å². The number of hydrogen-bond donors (Lipinski definition) is 2. The summed E-state index contributed by atoms with van der Waals surface area (Å²) in [6.07, 6.45) is 1.57. The Balaban J connectivity index is 0.00000220. The third-order valence-electron chi connectivity index (χ3n) is 2.97. The Bertz CT molecular complexity index is 617. The number of aromatic nitrogens is 2. The number of amides is 1. The summed E-state index contributed by atoms with van der Waals surface area (Å²) in [5, 5.41) is 7.82. The molecule has 5 nitrogen and oxygen atoms in total. The fourth-order valence-electron chi connectivity index (χ4n) is 1.77. The molecule has 8 heteroatoms. The van der Waals surface area contributed by atoms with Crippen LogP contribution in [0.5, 0.6) is 0 Å². The van der Waals surface area contributed by atoms with Crippen LogP contribution in [0.2, 0.25) is 0 Å². The largest absolute Gasteiger partial charge is 0.354 e. The van der Waals surface area contributed by atoms with Gasteiger partial charge in [-0.05, 0) is 26.5 Å². The van der Waals surface area contributed by atoms with Crippen molar-refractivity contribution in [2.75, 3.05) is 25.9 Å². The van der Waals surface area contributed by atoms with Gasteiger partial charge in [0, 0.05) is 23.4 Å². The Kier molecular flexibility index (Phi) is 7.37. The van der Waals surface area contributed by atoms with Crippen LogP contribution in [-0.4, -0.2) is 41.8 Å². The molecule has 0 saturated heterocycles. The van der Waals surface area contributed by atoms with Gasteiger partial charge in [0.05, 0.1) is 5.75 Å². The fraction of sp³-hybridized carbons (Fsp3) is 0.462. The van der Waals surface area contributed by atoms with Crippen LogP contribution in [0.15, 0.2) is 11.4 Å². The van der Waals surface area contributed by atoms with Gasteiger partial charge < -0.3 is 10.6 Å². The van der Waals surface area contributed by atoms with Crippen LogP contribution in [0, 0.1) is 13.8 Å². The van der Waals surface area contributed by atoms with Crippen molar-refractivity contribution in [3.8, 4) is 0 Å². The minimum Gasteiger partial charge on any atom is -0.354 e. The molecule has 2 aromatic rings. The van der Waals surface area contributed by atoms with Crippen molar-refractivity contribution in [1.29, 1.82) is 0 Å². The van der Waals surface area contributed by atoms with Crippen LogP contribution < -0.4 is 10.6 Å². The molecular weight excluding hydrogens is 328 g/mol. The molecule has 0 aliphatic rings. The SMILES string of the molecule is CNCCNC(=O)CSc1ncnc2sc(C)c(C)c12.Cl.